The monoisotopic (exact) mass is 234 g/mol. The van der Waals surface area contributed by atoms with Gasteiger partial charge in [-0.25, -0.2) is 4.98 Å². The first kappa shape index (κ1) is 10.3. The van der Waals surface area contributed by atoms with Crippen molar-refractivity contribution in [1.29, 1.82) is 5.26 Å². The minimum absolute atomic E-state index is 0.548. The summed E-state index contributed by atoms with van der Waals surface area (Å²) >= 11 is 3.38. The number of rotatable bonds is 3. The van der Waals surface area contributed by atoms with Gasteiger partial charge in [-0.3, -0.25) is 0 Å². The van der Waals surface area contributed by atoms with Crippen molar-refractivity contribution >= 4 is 22.7 Å². The maximum Gasteiger partial charge on any atom is 0.133 e. The van der Waals surface area contributed by atoms with Crippen molar-refractivity contribution < 1.29 is 0 Å². The van der Waals surface area contributed by atoms with Crippen molar-refractivity contribution in [2.75, 3.05) is 0 Å². The van der Waals surface area contributed by atoms with Gasteiger partial charge in [-0.1, -0.05) is 0 Å². The van der Waals surface area contributed by atoms with Crippen LogP contribution in [0.4, 0.5) is 0 Å². The lowest BCUT2D eigenvalue weighted by Crippen LogP contribution is -1.83. The predicted octanol–water partition coefficient (Wildman–Crippen LogP) is 3.64. The minimum atomic E-state index is 0.548. The highest BCUT2D eigenvalue weighted by molar-refractivity contribution is 7.20. The SMILES string of the molecule is Cc1ccsc1-c1nc(CCC#N)cs1. The molecule has 0 amide bonds. The lowest BCUT2D eigenvalue weighted by Gasteiger charge is -1.92. The van der Waals surface area contributed by atoms with E-state index in [0.717, 1.165) is 17.1 Å². The van der Waals surface area contributed by atoms with Gasteiger partial charge in [0, 0.05) is 18.2 Å². The molecule has 76 valence electrons. The summed E-state index contributed by atoms with van der Waals surface area (Å²) in [6.07, 6.45) is 1.31. The van der Waals surface area contributed by atoms with Crippen LogP contribution in [0.2, 0.25) is 0 Å². The first-order chi connectivity index (χ1) is 7.31. The minimum Gasteiger partial charge on any atom is -0.240 e. The molecule has 2 aromatic rings. The Balaban J connectivity index is 2.21. The van der Waals surface area contributed by atoms with Gasteiger partial charge in [0.05, 0.1) is 16.6 Å². The van der Waals surface area contributed by atoms with E-state index in [2.05, 4.69) is 29.4 Å². The smallest absolute Gasteiger partial charge is 0.133 e. The molecule has 2 aromatic heterocycles. The Morgan fingerprint density at radius 2 is 2.33 bits per heavy atom. The van der Waals surface area contributed by atoms with Crippen LogP contribution in [0.3, 0.4) is 0 Å². The van der Waals surface area contributed by atoms with E-state index in [4.69, 9.17) is 5.26 Å². The molecule has 4 heteroatoms. The fourth-order valence-electron chi connectivity index (χ4n) is 1.30. The Hall–Kier alpha value is -1.18. The fourth-order valence-corrected chi connectivity index (χ4v) is 3.26. The van der Waals surface area contributed by atoms with E-state index in [1.807, 2.05) is 5.38 Å². The normalized spacial score (nSPS) is 10.1. The molecule has 2 rings (SSSR count). The molecule has 0 spiro atoms. The second-order valence-electron chi connectivity index (χ2n) is 3.23. The zero-order valence-electron chi connectivity index (χ0n) is 8.36. The molecule has 0 aliphatic carbocycles. The van der Waals surface area contributed by atoms with Crippen LogP contribution in [0.15, 0.2) is 16.8 Å². The van der Waals surface area contributed by atoms with Crippen LogP contribution in [0.25, 0.3) is 9.88 Å². The lowest BCUT2D eigenvalue weighted by atomic mass is 10.3. The maximum absolute atomic E-state index is 8.49. The molecule has 0 radical (unpaired) electrons. The van der Waals surface area contributed by atoms with E-state index in [0.29, 0.717) is 6.42 Å². The van der Waals surface area contributed by atoms with Crippen LogP contribution in [0.1, 0.15) is 17.7 Å². The van der Waals surface area contributed by atoms with Gasteiger partial charge in [-0.15, -0.1) is 22.7 Å². The topological polar surface area (TPSA) is 36.7 Å². The molecule has 15 heavy (non-hydrogen) atoms. The van der Waals surface area contributed by atoms with E-state index in [9.17, 15) is 0 Å². The zero-order valence-corrected chi connectivity index (χ0v) is 9.99. The van der Waals surface area contributed by atoms with Crippen LogP contribution in [-0.4, -0.2) is 4.98 Å². The van der Waals surface area contributed by atoms with E-state index in [1.165, 1.54) is 10.4 Å². The first-order valence-electron chi connectivity index (χ1n) is 4.67. The molecule has 0 fully saturated rings. The number of aryl methyl sites for hydroxylation is 2. The Kier molecular flexibility index (Phi) is 3.14. The van der Waals surface area contributed by atoms with E-state index >= 15 is 0 Å². The van der Waals surface area contributed by atoms with Gasteiger partial charge in [-0.05, 0) is 23.9 Å². The van der Waals surface area contributed by atoms with Crippen LogP contribution in [-0.2, 0) is 6.42 Å². The predicted molar refractivity (Wildman–Crippen MR) is 64.1 cm³/mol. The number of aromatic nitrogens is 1. The van der Waals surface area contributed by atoms with Gasteiger partial charge in [0.2, 0.25) is 0 Å². The van der Waals surface area contributed by atoms with Crippen molar-refractivity contribution in [2.24, 2.45) is 0 Å². The van der Waals surface area contributed by atoms with Crippen molar-refractivity contribution in [3.05, 3.63) is 28.1 Å². The number of hydrogen-bond acceptors (Lipinski definition) is 4. The van der Waals surface area contributed by atoms with Crippen molar-refractivity contribution in [3.63, 3.8) is 0 Å². The molecule has 0 saturated heterocycles. The fraction of sp³-hybridized carbons (Fsp3) is 0.273. The Morgan fingerprint density at radius 3 is 3.00 bits per heavy atom. The number of thiazole rings is 1. The quantitative estimate of drug-likeness (QED) is 0.813. The van der Waals surface area contributed by atoms with Gasteiger partial charge in [0.1, 0.15) is 5.01 Å². The molecule has 0 aliphatic heterocycles. The van der Waals surface area contributed by atoms with Crippen LogP contribution >= 0.6 is 22.7 Å². The third-order valence-electron chi connectivity index (χ3n) is 2.10. The summed E-state index contributed by atoms with van der Waals surface area (Å²) < 4.78 is 0. The molecular formula is C11H10N2S2. The summed E-state index contributed by atoms with van der Waals surface area (Å²) in [5.74, 6) is 0. The average Bonchev–Trinajstić information content (AvgIpc) is 2.83. The highest BCUT2D eigenvalue weighted by atomic mass is 32.1. The van der Waals surface area contributed by atoms with Crippen molar-refractivity contribution in [3.8, 4) is 16.0 Å². The molecule has 0 aromatic carbocycles. The molecule has 0 unspecified atom stereocenters. The zero-order chi connectivity index (χ0) is 10.7. The Bertz CT molecular complexity index is 491. The third kappa shape index (κ3) is 2.25. The number of nitriles is 1. The standard InChI is InChI=1S/C11H10N2S2/c1-8-4-6-14-10(8)11-13-9(7-15-11)3-2-5-12/h4,6-7H,2-3H2,1H3. The molecule has 2 nitrogen and oxygen atoms in total. The largest absolute Gasteiger partial charge is 0.240 e. The van der Waals surface area contributed by atoms with E-state index in [-0.39, 0.29) is 0 Å². The molecule has 2 heterocycles. The molecule has 0 saturated carbocycles. The highest BCUT2D eigenvalue weighted by Crippen LogP contribution is 2.31. The molecule has 0 N–H and O–H groups in total. The summed E-state index contributed by atoms with van der Waals surface area (Å²) in [7, 11) is 0. The maximum atomic E-state index is 8.49. The Morgan fingerprint density at radius 1 is 1.47 bits per heavy atom. The molecular weight excluding hydrogens is 224 g/mol. The van der Waals surface area contributed by atoms with Gasteiger partial charge in [0.15, 0.2) is 0 Å². The van der Waals surface area contributed by atoms with Gasteiger partial charge in [0.25, 0.3) is 0 Å². The van der Waals surface area contributed by atoms with Crippen molar-refractivity contribution in [1.82, 2.24) is 4.98 Å². The Labute approximate surface area is 96.8 Å². The lowest BCUT2D eigenvalue weighted by molar-refractivity contribution is 0.969. The third-order valence-corrected chi connectivity index (χ3v) is 4.16. The molecule has 0 atom stereocenters. The van der Waals surface area contributed by atoms with E-state index in [1.54, 1.807) is 22.7 Å². The summed E-state index contributed by atoms with van der Waals surface area (Å²) in [5, 5.41) is 13.7. The second-order valence-corrected chi connectivity index (χ2v) is 5.01. The number of hydrogen-bond donors (Lipinski definition) is 0. The van der Waals surface area contributed by atoms with Gasteiger partial charge < -0.3 is 0 Å². The molecule has 0 bridgehead atoms. The van der Waals surface area contributed by atoms with Crippen LogP contribution in [0.5, 0.6) is 0 Å². The first-order valence-corrected chi connectivity index (χ1v) is 6.43. The van der Waals surface area contributed by atoms with Gasteiger partial charge >= 0.3 is 0 Å². The summed E-state index contributed by atoms with van der Waals surface area (Å²) in [4.78, 5) is 5.78. The number of nitrogens with zero attached hydrogens (tertiary/aromatic N) is 2. The summed E-state index contributed by atoms with van der Waals surface area (Å²) in [6.45, 7) is 2.10. The summed E-state index contributed by atoms with van der Waals surface area (Å²) in [5.41, 5.74) is 2.31. The number of thiophene rings is 1. The van der Waals surface area contributed by atoms with Crippen LogP contribution < -0.4 is 0 Å². The summed E-state index contributed by atoms with van der Waals surface area (Å²) in [6, 6.07) is 4.25. The van der Waals surface area contributed by atoms with Gasteiger partial charge in [-0.2, -0.15) is 5.26 Å². The second kappa shape index (κ2) is 4.56. The average molecular weight is 234 g/mol. The van der Waals surface area contributed by atoms with E-state index < -0.39 is 0 Å². The highest BCUT2D eigenvalue weighted by Gasteiger charge is 2.08. The molecule has 0 aliphatic rings. The van der Waals surface area contributed by atoms with Crippen LogP contribution in [0, 0.1) is 18.3 Å². The van der Waals surface area contributed by atoms with Crippen molar-refractivity contribution in [2.45, 2.75) is 19.8 Å².